The van der Waals surface area contributed by atoms with E-state index in [2.05, 4.69) is 25.7 Å². The van der Waals surface area contributed by atoms with Crippen LogP contribution in [-0.4, -0.2) is 42.6 Å². The smallest absolute Gasteiger partial charge is 0.270 e. The number of tetrazole rings is 1. The molecule has 1 aromatic carbocycles. The third-order valence-corrected chi connectivity index (χ3v) is 4.31. The lowest BCUT2D eigenvalue weighted by atomic mass is 10.1. The summed E-state index contributed by atoms with van der Waals surface area (Å²) < 4.78 is 33.5. The Balaban J connectivity index is 1.51. The molecule has 11 heteroatoms. The zero-order valence-electron chi connectivity index (χ0n) is 17.1. The minimum absolute atomic E-state index is 0.0470. The molecule has 0 saturated carbocycles. The molecule has 1 N–H and O–H groups in total. The van der Waals surface area contributed by atoms with Crippen LogP contribution < -0.4 is 4.74 Å². The highest BCUT2D eigenvalue weighted by atomic mass is 19.3. The van der Waals surface area contributed by atoms with Crippen molar-refractivity contribution in [2.24, 2.45) is 5.16 Å². The molecule has 31 heavy (non-hydrogen) atoms. The van der Waals surface area contributed by atoms with Crippen LogP contribution >= 0.6 is 0 Å². The number of oxime groups is 1. The molecule has 0 aliphatic rings. The fourth-order valence-electron chi connectivity index (χ4n) is 2.56. The first-order chi connectivity index (χ1) is 14.9. The molecular weight excluding hydrogens is 410 g/mol. The summed E-state index contributed by atoms with van der Waals surface area (Å²) in [7, 11) is 0. The van der Waals surface area contributed by atoms with Crippen LogP contribution in [0.15, 0.2) is 47.8 Å². The first-order valence-corrected chi connectivity index (χ1v) is 9.45. The van der Waals surface area contributed by atoms with Crippen LogP contribution in [-0.2, 0) is 30.5 Å². The number of benzene rings is 1. The van der Waals surface area contributed by atoms with Gasteiger partial charge in [0.2, 0.25) is 5.88 Å². The van der Waals surface area contributed by atoms with Crippen LogP contribution in [0.1, 0.15) is 36.4 Å². The SMILES string of the molecule is C/C(=N\OCc1ccc(C(C)(F)F)cc1)c1ccc(OCc2nnnn2CCO)nc1. The molecule has 0 radical (unpaired) electrons. The van der Waals surface area contributed by atoms with Crippen LogP contribution in [0.25, 0.3) is 0 Å². The molecule has 164 valence electrons. The number of pyridine rings is 1. The second-order valence-electron chi connectivity index (χ2n) is 6.75. The molecule has 2 heterocycles. The Kier molecular flexibility index (Phi) is 7.19. The third-order valence-electron chi connectivity index (χ3n) is 4.31. The van der Waals surface area contributed by atoms with Crippen molar-refractivity contribution in [1.82, 2.24) is 25.2 Å². The van der Waals surface area contributed by atoms with Crippen LogP contribution in [0.2, 0.25) is 0 Å². The van der Waals surface area contributed by atoms with Gasteiger partial charge in [0.1, 0.15) is 6.61 Å². The van der Waals surface area contributed by atoms with E-state index in [0.29, 0.717) is 17.4 Å². The molecule has 0 spiro atoms. The molecule has 9 nitrogen and oxygen atoms in total. The normalized spacial score (nSPS) is 12.1. The van der Waals surface area contributed by atoms with Gasteiger partial charge in [0.25, 0.3) is 5.92 Å². The van der Waals surface area contributed by atoms with Crippen molar-refractivity contribution in [3.05, 3.63) is 65.1 Å². The van der Waals surface area contributed by atoms with E-state index in [4.69, 9.17) is 14.7 Å². The van der Waals surface area contributed by atoms with Gasteiger partial charge in [-0.3, -0.25) is 0 Å². The average molecular weight is 432 g/mol. The maximum atomic E-state index is 13.2. The zero-order chi connectivity index (χ0) is 22.3. The monoisotopic (exact) mass is 432 g/mol. The lowest BCUT2D eigenvalue weighted by Crippen LogP contribution is -2.11. The van der Waals surface area contributed by atoms with Crippen LogP contribution in [0.5, 0.6) is 5.88 Å². The van der Waals surface area contributed by atoms with Gasteiger partial charge in [-0.1, -0.05) is 29.4 Å². The minimum Gasteiger partial charge on any atom is -0.469 e. The molecule has 0 atom stereocenters. The van der Waals surface area contributed by atoms with E-state index in [-0.39, 0.29) is 31.9 Å². The maximum Gasteiger partial charge on any atom is 0.270 e. The number of ether oxygens (including phenoxy) is 1. The highest BCUT2D eigenvalue weighted by Crippen LogP contribution is 2.26. The molecule has 0 amide bonds. The van der Waals surface area contributed by atoms with Gasteiger partial charge < -0.3 is 14.7 Å². The molecule has 0 saturated heterocycles. The summed E-state index contributed by atoms with van der Waals surface area (Å²) in [6.45, 7) is 3.09. The Morgan fingerprint density at radius 2 is 1.94 bits per heavy atom. The Labute approximate surface area is 177 Å². The summed E-state index contributed by atoms with van der Waals surface area (Å²) >= 11 is 0. The molecular formula is C20H22F2N6O3. The van der Waals surface area contributed by atoms with Crippen molar-refractivity contribution >= 4 is 5.71 Å². The Hall–Kier alpha value is -3.47. The van der Waals surface area contributed by atoms with Crippen molar-refractivity contribution in [3.8, 4) is 5.88 Å². The first-order valence-electron chi connectivity index (χ1n) is 9.45. The van der Waals surface area contributed by atoms with Crippen molar-refractivity contribution in [1.29, 1.82) is 0 Å². The first kappa shape index (κ1) is 22.2. The standard InChI is InChI=1S/C20H22F2N6O3/c1-14(25-31-12-15-3-6-17(7-4-15)20(2,21)22)16-5-8-19(23-11-16)30-13-18-24-26-27-28(18)9-10-29/h3-8,11,29H,9-10,12-13H2,1-2H3/b25-14+. The number of aliphatic hydroxyl groups is 1. The second-order valence-corrected chi connectivity index (χ2v) is 6.75. The van der Waals surface area contributed by atoms with E-state index in [1.807, 2.05) is 0 Å². The molecule has 2 aromatic heterocycles. The van der Waals surface area contributed by atoms with Gasteiger partial charge in [0.15, 0.2) is 12.4 Å². The largest absolute Gasteiger partial charge is 0.469 e. The van der Waals surface area contributed by atoms with Gasteiger partial charge in [-0.05, 0) is 29.0 Å². The third kappa shape index (κ3) is 6.25. The van der Waals surface area contributed by atoms with Crippen molar-refractivity contribution < 1.29 is 23.5 Å². The average Bonchev–Trinajstić information content (AvgIpc) is 3.19. The number of nitrogens with zero attached hydrogens (tertiary/aromatic N) is 6. The topological polar surface area (TPSA) is 108 Å². The summed E-state index contributed by atoms with van der Waals surface area (Å²) in [6.07, 6.45) is 1.59. The Morgan fingerprint density at radius 3 is 2.58 bits per heavy atom. The van der Waals surface area contributed by atoms with Crippen LogP contribution in [0.3, 0.4) is 0 Å². The van der Waals surface area contributed by atoms with Crippen molar-refractivity contribution in [3.63, 3.8) is 0 Å². The van der Waals surface area contributed by atoms with Gasteiger partial charge in [-0.15, -0.1) is 5.10 Å². The van der Waals surface area contributed by atoms with E-state index in [9.17, 15) is 8.78 Å². The van der Waals surface area contributed by atoms with Crippen LogP contribution in [0, 0.1) is 0 Å². The van der Waals surface area contributed by atoms with Gasteiger partial charge in [-0.25, -0.2) is 18.4 Å². The quantitative estimate of drug-likeness (QED) is 0.388. The number of halogens is 2. The number of aliphatic hydroxyl groups excluding tert-OH is 1. The van der Waals surface area contributed by atoms with Crippen LogP contribution in [0.4, 0.5) is 8.78 Å². The van der Waals surface area contributed by atoms with E-state index >= 15 is 0 Å². The van der Waals surface area contributed by atoms with E-state index in [0.717, 1.165) is 18.1 Å². The molecule has 0 aliphatic heterocycles. The molecule has 0 unspecified atom stereocenters. The summed E-state index contributed by atoms with van der Waals surface area (Å²) in [5, 5.41) is 24.2. The molecule has 0 fully saturated rings. The van der Waals surface area contributed by atoms with E-state index in [1.54, 1.807) is 37.4 Å². The highest BCUT2D eigenvalue weighted by molar-refractivity contribution is 5.98. The lowest BCUT2D eigenvalue weighted by Gasteiger charge is -2.10. The summed E-state index contributed by atoms with van der Waals surface area (Å²) in [6, 6.07) is 9.38. The van der Waals surface area contributed by atoms with Gasteiger partial charge in [0.05, 0.1) is 18.9 Å². The number of aromatic nitrogens is 5. The summed E-state index contributed by atoms with van der Waals surface area (Å²) in [5.41, 5.74) is 2.02. The zero-order valence-corrected chi connectivity index (χ0v) is 17.1. The van der Waals surface area contributed by atoms with E-state index in [1.165, 1.54) is 16.8 Å². The lowest BCUT2D eigenvalue weighted by molar-refractivity contribution is 0.0174. The Morgan fingerprint density at radius 1 is 1.16 bits per heavy atom. The Bertz CT molecular complexity index is 1000. The predicted octanol–water partition coefficient (Wildman–Crippen LogP) is 2.69. The molecule has 0 bridgehead atoms. The number of rotatable bonds is 10. The van der Waals surface area contributed by atoms with E-state index < -0.39 is 5.92 Å². The highest BCUT2D eigenvalue weighted by Gasteiger charge is 2.23. The van der Waals surface area contributed by atoms with Crippen molar-refractivity contribution in [2.75, 3.05) is 6.61 Å². The number of alkyl halides is 2. The van der Waals surface area contributed by atoms with Gasteiger partial charge >= 0.3 is 0 Å². The number of hydrogen-bond acceptors (Lipinski definition) is 8. The fraction of sp³-hybridized carbons (Fsp3) is 0.350. The molecule has 3 aromatic rings. The van der Waals surface area contributed by atoms with Crippen molar-refractivity contribution in [2.45, 2.75) is 39.5 Å². The minimum atomic E-state index is -2.87. The molecule has 0 aliphatic carbocycles. The van der Waals surface area contributed by atoms with Gasteiger partial charge in [-0.2, -0.15) is 0 Å². The summed E-state index contributed by atoms with van der Waals surface area (Å²) in [4.78, 5) is 9.54. The maximum absolute atomic E-state index is 13.2. The second kappa shape index (κ2) is 10.0. The fourth-order valence-corrected chi connectivity index (χ4v) is 2.56. The van der Waals surface area contributed by atoms with Gasteiger partial charge in [0, 0.05) is 30.3 Å². The number of hydrogen-bond donors (Lipinski definition) is 1. The molecule has 3 rings (SSSR count). The summed E-state index contributed by atoms with van der Waals surface area (Å²) in [5.74, 6) is -2.02. The predicted molar refractivity (Wildman–Crippen MR) is 106 cm³/mol.